The molecule has 1 aliphatic heterocycles. The van der Waals surface area contributed by atoms with Crippen LogP contribution in [0, 0.1) is 5.92 Å². The number of likely N-dealkylation sites (N-methyl/N-ethyl adjacent to an activating group) is 1. The van der Waals surface area contributed by atoms with Gasteiger partial charge in [0.05, 0.1) is 17.8 Å². The van der Waals surface area contributed by atoms with Crippen LogP contribution in [0.2, 0.25) is 0 Å². The Kier molecular flexibility index (Phi) is 8.00. The molecule has 1 N–H and O–H groups in total. The standard InChI is InChI=1S/C27H33BrN4O4/c1-27(2,3)36-26(34)31(4)11-12-35-25-8-5-19(15-29-25)22-14-24(32-10-9-18(16-32)17-33)21-7-6-20(28)13-23(21)30-22/h5-8,13-15,18,33H,9-12,16-17H2,1-4H3. The van der Waals surface area contributed by atoms with Gasteiger partial charge in [-0.2, -0.15) is 0 Å². The quantitative estimate of drug-likeness (QED) is 0.431. The molecule has 8 nitrogen and oxygen atoms in total. The number of carbonyl (C=O) groups excluding carboxylic acids is 1. The molecule has 2 aromatic heterocycles. The number of carbonyl (C=O) groups is 1. The van der Waals surface area contributed by atoms with Crippen molar-refractivity contribution in [3.8, 4) is 17.1 Å². The highest BCUT2D eigenvalue weighted by Crippen LogP contribution is 2.35. The summed E-state index contributed by atoms with van der Waals surface area (Å²) in [5, 5.41) is 10.7. The third-order valence-corrected chi connectivity index (χ3v) is 6.54. The molecule has 1 aliphatic rings. The van der Waals surface area contributed by atoms with Crippen LogP contribution in [-0.2, 0) is 4.74 Å². The Morgan fingerprint density at radius 3 is 2.72 bits per heavy atom. The first kappa shape index (κ1) is 26.2. The molecule has 9 heteroatoms. The Morgan fingerprint density at radius 1 is 1.25 bits per heavy atom. The van der Waals surface area contributed by atoms with Gasteiger partial charge >= 0.3 is 6.09 Å². The van der Waals surface area contributed by atoms with Crippen LogP contribution >= 0.6 is 15.9 Å². The van der Waals surface area contributed by atoms with E-state index in [-0.39, 0.29) is 12.7 Å². The fourth-order valence-electron chi connectivity index (χ4n) is 4.13. The second-order valence-electron chi connectivity index (χ2n) is 10.1. The van der Waals surface area contributed by atoms with Gasteiger partial charge in [-0.05, 0) is 57.5 Å². The number of aliphatic hydroxyl groups is 1. The summed E-state index contributed by atoms with van der Waals surface area (Å²) in [6.07, 6.45) is 2.34. The normalized spacial score (nSPS) is 15.8. The zero-order valence-electron chi connectivity index (χ0n) is 21.2. The average molecular weight is 557 g/mol. The van der Waals surface area contributed by atoms with Crippen LogP contribution in [0.1, 0.15) is 27.2 Å². The van der Waals surface area contributed by atoms with Crippen LogP contribution in [0.15, 0.2) is 47.1 Å². The van der Waals surface area contributed by atoms with E-state index in [4.69, 9.17) is 14.5 Å². The minimum Gasteiger partial charge on any atom is -0.476 e. The molecule has 0 saturated carbocycles. The monoisotopic (exact) mass is 556 g/mol. The Bertz CT molecular complexity index is 1210. The van der Waals surface area contributed by atoms with Gasteiger partial charge in [-0.3, -0.25) is 0 Å². The van der Waals surface area contributed by atoms with E-state index in [1.54, 1.807) is 13.2 Å². The predicted octanol–water partition coefficient (Wildman–Crippen LogP) is 5.12. The van der Waals surface area contributed by atoms with E-state index in [9.17, 15) is 9.90 Å². The first-order valence-corrected chi connectivity index (χ1v) is 12.9. The summed E-state index contributed by atoms with van der Waals surface area (Å²) in [6, 6.07) is 12.0. The zero-order chi connectivity index (χ0) is 25.9. The minimum absolute atomic E-state index is 0.205. The highest BCUT2D eigenvalue weighted by molar-refractivity contribution is 9.10. The van der Waals surface area contributed by atoms with Gasteiger partial charge in [0.1, 0.15) is 12.2 Å². The first-order chi connectivity index (χ1) is 17.1. The van der Waals surface area contributed by atoms with Gasteiger partial charge < -0.3 is 24.4 Å². The van der Waals surface area contributed by atoms with Crippen molar-refractivity contribution in [3.05, 3.63) is 47.1 Å². The van der Waals surface area contributed by atoms with Crippen molar-refractivity contribution in [1.29, 1.82) is 0 Å². The van der Waals surface area contributed by atoms with Crippen LogP contribution in [0.3, 0.4) is 0 Å². The summed E-state index contributed by atoms with van der Waals surface area (Å²) in [5.74, 6) is 0.769. The average Bonchev–Trinajstić information content (AvgIpc) is 3.31. The number of benzene rings is 1. The second-order valence-corrected chi connectivity index (χ2v) is 11.0. The molecular formula is C27H33BrN4O4. The summed E-state index contributed by atoms with van der Waals surface area (Å²) >= 11 is 3.56. The Morgan fingerprint density at radius 2 is 2.06 bits per heavy atom. The Hall–Kier alpha value is -2.91. The zero-order valence-corrected chi connectivity index (χ0v) is 22.8. The summed E-state index contributed by atoms with van der Waals surface area (Å²) in [7, 11) is 1.68. The number of pyridine rings is 2. The molecule has 0 bridgehead atoms. The lowest BCUT2D eigenvalue weighted by Gasteiger charge is -2.24. The molecule has 0 radical (unpaired) electrons. The van der Waals surface area contributed by atoms with Gasteiger partial charge in [-0.15, -0.1) is 0 Å². The fraction of sp³-hybridized carbons (Fsp3) is 0.444. The maximum Gasteiger partial charge on any atom is 0.410 e. The van der Waals surface area contributed by atoms with Crippen molar-refractivity contribution < 1.29 is 19.4 Å². The van der Waals surface area contributed by atoms with Gasteiger partial charge in [-0.1, -0.05) is 15.9 Å². The number of nitrogens with zero attached hydrogens (tertiary/aromatic N) is 4. The molecule has 1 saturated heterocycles. The summed E-state index contributed by atoms with van der Waals surface area (Å²) < 4.78 is 12.1. The molecule has 1 fully saturated rings. The fourth-order valence-corrected chi connectivity index (χ4v) is 4.48. The maximum absolute atomic E-state index is 12.1. The molecule has 3 heterocycles. The largest absolute Gasteiger partial charge is 0.476 e. The van der Waals surface area contributed by atoms with Gasteiger partial charge in [0.25, 0.3) is 0 Å². The number of rotatable bonds is 7. The highest BCUT2D eigenvalue weighted by atomic mass is 79.9. The van der Waals surface area contributed by atoms with Crippen LogP contribution in [0.4, 0.5) is 10.5 Å². The molecule has 1 amide bonds. The smallest absolute Gasteiger partial charge is 0.410 e. The lowest BCUT2D eigenvalue weighted by Crippen LogP contribution is -2.36. The van der Waals surface area contributed by atoms with Crippen molar-refractivity contribution >= 4 is 38.6 Å². The predicted molar refractivity (Wildman–Crippen MR) is 144 cm³/mol. The molecule has 4 rings (SSSR count). The number of amides is 1. The third-order valence-electron chi connectivity index (χ3n) is 6.05. The Balaban J connectivity index is 1.48. The number of hydrogen-bond acceptors (Lipinski definition) is 7. The van der Waals surface area contributed by atoms with Crippen LogP contribution < -0.4 is 9.64 Å². The number of anilines is 1. The van der Waals surface area contributed by atoms with Crippen LogP contribution in [-0.4, -0.2) is 71.6 Å². The number of hydrogen-bond donors (Lipinski definition) is 1. The second kappa shape index (κ2) is 11.0. The van der Waals surface area contributed by atoms with Crippen molar-refractivity contribution in [1.82, 2.24) is 14.9 Å². The van der Waals surface area contributed by atoms with E-state index in [1.165, 1.54) is 4.90 Å². The third kappa shape index (κ3) is 6.44. The number of aliphatic hydroxyl groups excluding tert-OH is 1. The molecular weight excluding hydrogens is 524 g/mol. The van der Waals surface area contributed by atoms with Crippen LogP contribution in [0.5, 0.6) is 5.88 Å². The summed E-state index contributed by atoms with van der Waals surface area (Å²) in [5.41, 5.74) is 3.19. The lowest BCUT2D eigenvalue weighted by atomic mass is 10.1. The van der Waals surface area contributed by atoms with Gasteiger partial charge in [0, 0.05) is 66.0 Å². The van der Waals surface area contributed by atoms with E-state index in [2.05, 4.69) is 37.9 Å². The van der Waals surface area contributed by atoms with E-state index in [1.807, 2.05) is 45.0 Å². The summed E-state index contributed by atoms with van der Waals surface area (Å²) in [4.78, 5) is 25.2. The molecule has 1 unspecified atom stereocenters. The molecule has 36 heavy (non-hydrogen) atoms. The van der Waals surface area contributed by atoms with Crippen LogP contribution in [0.25, 0.3) is 22.2 Å². The molecule has 192 valence electrons. The van der Waals surface area contributed by atoms with E-state index in [0.29, 0.717) is 24.9 Å². The van der Waals surface area contributed by atoms with E-state index in [0.717, 1.165) is 51.8 Å². The van der Waals surface area contributed by atoms with E-state index < -0.39 is 5.60 Å². The summed E-state index contributed by atoms with van der Waals surface area (Å²) in [6.45, 7) is 8.13. The first-order valence-electron chi connectivity index (χ1n) is 12.1. The molecule has 0 spiro atoms. The number of ether oxygens (including phenoxy) is 2. The lowest BCUT2D eigenvalue weighted by molar-refractivity contribution is 0.0277. The minimum atomic E-state index is -0.536. The maximum atomic E-state index is 12.1. The Labute approximate surface area is 220 Å². The highest BCUT2D eigenvalue weighted by Gasteiger charge is 2.24. The number of aromatic nitrogens is 2. The topological polar surface area (TPSA) is 88.0 Å². The van der Waals surface area contributed by atoms with Crippen molar-refractivity contribution in [2.24, 2.45) is 5.92 Å². The van der Waals surface area contributed by atoms with Gasteiger partial charge in [0.15, 0.2) is 0 Å². The molecule has 3 aromatic rings. The van der Waals surface area contributed by atoms with E-state index >= 15 is 0 Å². The number of fused-ring (bicyclic) bond motifs is 1. The van der Waals surface area contributed by atoms with Crippen molar-refractivity contribution in [2.75, 3.05) is 44.8 Å². The molecule has 0 aliphatic carbocycles. The number of halogens is 1. The SMILES string of the molecule is CN(CCOc1ccc(-c2cc(N3CCC(CO)C3)c3ccc(Br)cc3n2)cn1)C(=O)OC(C)(C)C. The van der Waals surface area contributed by atoms with Gasteiger partial charge in [0.2, 0.25) is 5.88 Å². The van der Waals surface area contributed by atoms with Crippen molar-refractivity contribution in [3.63, 3.8) is 0 Å². The molecule has 1 atom stereocenters. The molecule has 1 aromatic carbocycles. The van der Waals surface area contributed by atoms with Crippen molar-refractivity contribution in [2.45, 2.75) is 32.8 Å². The van der Waals surface area contributed by atoms with Gasteiger partial charge in [-0.25, -0.2) is 14.8 Å².